The first-order chi connectivity index (χ1) is 11.3. The summed E-state index contributed by atoms with van der Waals surface area (Å²) in [6.45, 7) is 14.3. The maximum atomic E-state index is 7.50. The molecule has 0 bridgehead atoms. The first-order valence-electron chi connectivity index (χ1n) is 6.10. The van der Waals surface area contributed by atoms with Crippen LogP contribution in [0.1, 0.15) is 12.8 Å². The predicted octanol–water partition coefficient (Wildman–Crippen LogP) is 2.33. The molecule has 23 heavy (non-hydrogen) atoms. The predicted molar refractivity (Wildman–Crippen MR) is 73.7 cm³/mol. The Morgan fingerprint density at radius 3 is 2.00 bits per heavy atom. The van der Waals surface area contributed by atoms with Crippen molar-refractivity contribution in [2.75, 3.05) is 13.7 Å². The zero-order valence-electron chi connectivity index (χ0n) is 12.4. The number of allylic oxidation sites excluding steroid dienone is 1. The van der Waals surface area contributed by atoms with Gasteiger partial charge in [-0.3, -0.25) is 0 Å². The summed E-state index contributed by atoms with van der Waals surface area (Å²) in [5.74, 6) is 2.37. The third-order valence-electron chi connectivity index (χ3n) is 2.41. The summed E-state index contributed by atoms with van der Waals surface area (Å²) in [4.78, 5) is 0. The van der Waals surface area contributed by atoms with Gasteiger partial charge in [-0.15, -0.1) is 0 Å². The Labute approximate surface area is 143 Å². The van der Waals surface area contributed by atoms with Gasteiger partial charge in [-0.05, 0) is 0 Å². The van der Waals surface area contributed by atoms with Crippen LogP contribution in [0.2, 0.25) is 0 Å². The second-order valence-electron chi connectivity index (χ2n) is 3.62. The van der Waals surface area contributed by atoms with Gasteiger partial charge >= 0.3 is 143 Å². The summed E-state index contributed by atoms with van der Waals surface area (Å²) in [6, 6.07) is 7.44. The molecule has 0 atom stereocenters. The molecule has 7 heteroatoms. The van der Waals surface area contributed by atoms with Crippen LogP contribution in [0, 0.1) is 20.0 Å². The molecule has 1 aromatic rings. The molecule has 120 valence electrons. The quantitative estimate of drug-likeness (QED) is 0.614. The molecule has 0 saturated carbocycles. The fourth-order valence-corrected chi connectivity index (χ4v) is 1.87. The number of hydrogen-bond acceptors (Lipinski definition) is 3. The van der Waals surface area contributed by atoms with E-state index in [1.165, 1.54) is 0 Å². The van der Waals surface area contributed by atoms with E-state index in [1.54, 1.807) is 7.11 Å². The molecule has 2 rings (SSSR count). The van der Waals surface area contributed by atoms with Gasteiger partial charge in [0, 0.05) is 0 Å². The van der Waals surface area contributed by atoms with Gasteiger partial charge in [-0.25, -0.2) is 0 Å². The molecule has 6 nitrogen and oxygen atoms in total. The maximum absolute atomic E-state index is 7.50. The third-order valence-corrected chi connectivity index (χ3v) is 2.85. The average Bonchev–Trinajstić information content (AvgIpc) is 2.68. The molecule has 0 aromatic heterocycles. The first kappa shape index (κ1) is 23.3. The summed E-state index contributed by atoms with van der Waals surface area (Å²) >= 11 is 2.89. The van der Waals surface area contributed by atoms with Gasteiger partial charge in [-0.1, -0.05) is 0 Å². The SMILES string of the molecule is COc1ccc(O[C](=[Cr])C2=CCCCO2)cc1.[C-]#[O+].[C-]#[O+].[C-]#[O+]. The number of methoxy groups -OCH3 is 1. The summed E-state index contributed by atoms with van der Waals surface area (Å²) in [7, 11) is 1.64. The number of benzene rings is 1. The van der Waals surface area contributed by atoms with E-state index in [9.17, 15) is 0 Å². The summed E-state index contributed by atoms with van der Waals surface area (Å²) in [5, 5.41) is 0. The van der Waals surface area contributed by atoms with E-state index >= 15 is 0 Å². The number of hydrogen-bond donors (Lipinski definition) is 0. The van der Waals surface area contributed by atoms with Crippen LogP contribution < -0.4 is 9.47 Å². The van der Waals surface area contributed by atoms with E-state index in [2.05, 4.69) is 35.8 Å². The van der Waals surface area contributed by atoms with Crippen LogP contribution in [0.3, 0.4) is 0 Å². The van der Waals surface area contributed by atoms with Gasteiger partial charge in [-0.2, -0.15) is 0 Å². The average molecular weight is 354 g/mol. The van der Waals surface area contributed by atoms with Crippen LogP contribution >= 0.6 is 0 Å². The normalized spacial score (nSPS) is 11.0. The summed E-state index contributed by atoms with van der Waals surface area (Å²) in [5.41, 5.74) is 0. The van der Waals surface area contributed by atoms with Crippen molar-refractivity contribution in [2.45, 2.75) is 12.8 Å². The molecule has 0 aliphatic carbocycles. The molecule has 1 aliphatic heterocycles. The van der Waals surface area contributed by atoms with Gasteiger partial charge in [0.05, 0.1) is 0 Å². The molecule has 0 amide bonds. The molecule has 0 N–H and O–H groups in total. The van der Waals surface area contributed by atoms with Crippen molar-refractivity contribution < 1.29 is 44.0 Å². The fraction of sp³-hybridized carbons (Fsp3) is 0.250. The van der Waals surface area contributed by atoms with Crippen LogP contribution in [0.4, 0.5) is 0 Å². The molecule has 0 unspecified atom stereocenters. The Balaban J connectivity index is 0. The zero-order chi connectivity index (χ0) is 18.1. The van der Waals surface area contributed by atoms with E-state index in [4.69, 9.17) is 28.2 Å². The zero-order valence-corrected chi connectivity index (χ0v) is 13.6. The Morgan fingerprint density at radius 1 is 1.04 bits per heavy atom. The van der Waals surface area contributed by atoms with Crippen molar-refractivity contribution in [3.05, 3.63) is 56.1 Å². The van der Waals surface area contributed by atoms with Crippen molar-refractivity contribution in [3.8, 4) is 11.5 Å². The third kappa shape index (κ3) is 9.57. The number of rotatable bonds is 4. The molecule has 0 spiro atoms. The van der Waals surface area contributed by atoms with E-state index in [0.29, 0.717) is 4.57 Å². The number of ether oxygens (including phenoxy) is 3. The second kappa shape index (κ2) is 16.4. The van der Waals surface area contributed by atoms with E-state index in [-0.39, 0.29) is 0 Å². The molecule has 0 radical (unpaired) electrons. The van der Waals surface area contributed by atoms with E-state index in [1.807, 2.05) is 30.3 Å². The van der Waals surface area contributed by atoms with Gasteiger partial charge in [0.2, 0.25) is 0 Å². The molecular formula is C16H14CrO6. The molecule has 1 heterocycles. The van der Waals surface area contributed by atoms with Gasteiger partial charge < -0.3 is 0 Å². The Bertz CT molecular complexity index is 528. The van der Waals surface area contributed by atoms with Crippen molar-refractivity contribution in [2.24, 2.45) is 0 Å². The van der Waals surface area contributed by atoms with Crippen LogP contribution in [-0.4, -0.2) is 18.3 Å². The Morgan fingerprint density at radius 2 is 1.57 bits per heavy atom. The molecule has 0 fully saturated rings. The Hall–Kier alpha value is -2.02. The van der Waals surface area contributed by atoms with Crippen molar-refractivity contribution in [3.63, 3.8) is 0 Å². The van der Waals surface area contributed by atoms with Crippen LogP contribution in [-0.2, 0) is 34.5 Å². The monoisotopic (exact) mass is 354 g/mol. The van der Waals surface area contributed by atoms with E-state index in [0.717, 1.165) is 36.7 Å². The van der Waals surface area contributed by atoms with Gasteiger partial charge in [0.1, 0.15) is 0 Å². The summed E-state index contributed by atoms with van der Waals surface area (Å²) < 4.78 is 39.4. The molecule has 0 saturated heterocycles. The Kier molecular flexibility index (Phi) is 16.5. The molecule has 1 aromatic carbocycles. The molecule has 1 aliphatic rings. The van der Waals surface area contributed by atoms with E-state index < -0.39 is 0 Å². The molecular weight excluding hydrogens is 340 g/mol. The van der Waals surface area contributed by atoms with Crippen LogP contribution in [0.5, 0.6) is 11.5 Å². The topological polar surface area (TPSA) is 87.4 Å². The van der Waals surface area contributed by atoms with Crippen molar-refractivity contribution in [1.29, 1.82) is 0 Å². The van der Waals surface area contributed by atoms with Gasteiger partial charge in [0.15, 0.2) is 0 Å². The minimum atomic E-state index is 0.676. The van der Waals surface area contributed by atoms with Gasteiger partial charge in [0.25, 0.3) is 0 Å². The minimum absolute atomic E-state index is 0.676. The van der Waals surface area contributed by atoms with Crippen molar-refractivity contribution >= 4 is 4.57 Å². The fourth-order valence-electron chi connectivity index (χ4n) is 1.50. The van der Waals surface area contributed by atoms with Crippen molar-refractivity contribution in [1.82, 2.24) is 0 Å². The second-order valence-corrected chi connectivity index (χ2v) is 4.20. The summed E-state index contributed by atoms with van der Waals surface area (Å²) in [6.07, 6.45) is 4.14. The first-order valence-corrected chi connectivity index (χ1v) is 6.74. The van der Waals surface area contributed by atoms with Crippen LogP contribution in [0.15, 0.2) is 36.1 Å². The standard InChI is InChI=1S/C13H14O3.3CO.Cr/c1-14-11-5-7-12(8-6-11)16-10-13-4-2-3-9-15-13;3*1-2;/h4-8H,2-3,9H2,1H3;;;;. The van der Waals surface area contributed by atoms with Crippen LogP contribution in [0.25, 0.3) is 0 Å².